The molecule has 3 nitrogen and oxygen atoms in total. The van der Waals surface area contributed by atoms with Gasteiger partial charge in [0.1, 0.15) is 11.7 Å². The highest BCUT2D eigenvalue weighted by Crippen LogP contribution is 2.88. The van der Waals surface area contributed by atoms with Crippen molar-refractivity contribution < 1.29 is 14.9 Å². The molecule has 1 aromatic carbocycles. The largest absolute Gasteiger partial charge is 0.512 e. The molecule has 32 heavy (non-hydrogen) atoms. The smallest absolute Gasteiger partial charge is 0.110 e. The molecule has 7 rings (SSSR count). The van der Waals surface area contributed by atoms with Crippen molar-refractivity contribution in [2.24, 2.45) is 51.8 Å². The predicted molar refractivity (Wildman–Crippen MR) is 124 cm³/mol. The lowest BCUT2D eigenvalue weighted by Gasteiger charge is -2.61. The van der Waals surface area contributed by atoms with E-state index in [2.05, 4.69) is 44.2 Å². The van der Waals surface area contributed by atoms with E-state index in [-0.39, 0.29) is 16.7 Å². The van der Waals surface area contributed by atoms with Gasteiger partial charge in [-0.1, -0.05) is 44.2 Å². The molecule has 3 heteroatoms. The van der Waals surface area contributed by atoms with Crippen LogP contribution in [0.15, 0.2) is 42.2 Å². The Morgan fingerprint density at radius 2 is 1.81 bits per heavy atom. The molecule has 6 bridgehead atoms. The Bertz CT molecular complexity index is 987. The van der Waals surface area contributed by atoms with Gasteiger partial charge in [-0.25, -0.2) is 0 Å². The molecule has 6 aliphatic rings. The van der Waals surface area contributed by atoms with Crippen LogP contribution in [0.3, 0.4) is 0 Å². The number of ether oxygens (including phenoxy) is 1. The van der Waals surface area contributed by atoms with Gasteiger partial charge >= 0.3 is 0 Å². The van der Waals surface area contributed by atoms with Gasteiger partial charge in [0.05, 0.1) is 11.7 Å². The van der Waals surface area contributed by atoms with Crippen LogP contribution in [-0.2, 0) is 11.2 Å². The Kier molecular flexibility index (Phi) is 3.78. The first kappa shape index (κ1) is 20.1. The molecule has 0 heterocycles. The number of benzene rings is 1. The van der Waals surface area contributed by atoms with Crippen LogP contribution >= 0.6 is 0 Å². The summed E-state index contributed by atoms with van der Waals surface area (Å²) in [5.41, 5.74) is 0.625. The van der Waals surface area contributed by atoms with Crippen LogP contribution in [0.1, 0.15) is 57.9 Å². The molecule has 2 N–H and O–H groups in total. The average molecular weight is 435 g/mol. The normalized spacial score (nSPS) is 56.8. The van der Waals surface area contributed by atoms with Crippen LogP contribution in [0, 0.1) is 51.8 Å². The number of hydrogen-bond donors (Lipinski definition) is 2. The fourth-order valence-electron chi connectivity index (χ4n) is 11.6. The minimum Gasteiger partial charge on any atom is -0.512 e. The van der Waals surface area contributed by atoms with Crippen molar-refractivity contribution in [1.29, 1.82) is 0 Å². The number of rotatable bonds is 3. The van der Waals surface area contributed by atoms with Crippen molar-refractivity contribution in [2.45, 2.75) is 70.5 Å². The molecule has 0 amide bonds. The Labute approximate surface area is 192 Å². The summed E-state index contributed by atoms with van der Waals surface area (Å²) in [6.07, 6.45) is 10.4. The Hall–Kier alpha value is -1.32. The van der Waals surface area contributed by atoms with Gasteiger partial charge in [-0.15, -0.1) is 0 Å². The Morgan fingerprint density at radius 1 is 1.03 bits per heavy atom. The van der Waals surface area contributed by atoms with Crippen molar-refractivity contribution >= 4 is 0 Å². The lowest BCUT2D eigenvalue weighted by molar-refractivity contribution is -0.187. The van der Waals surface area contributed by atoms with Gasteiger partial charge in [0.2, 0.25) is 0 Å². The molecule has 1 spiro atoms. The summed E-state index contributed by atoms with van der Waals surface area (Å²) in [5.74, 6) is 3.59. The van der Waals surface area contributed by atoms with Crippen molar-refractivity contribution in [3.05, 3.63) is 47.7 Å². The SMILES string of the molecule is COC1C=C(O)C2C3C4CC5CCC6CC5(CC6Cc5ccccc5)C3(C)C(C)(C4)C12O. The fourth-order valence-corrected chi connectivity index (χ4v) is 11.6. The molecule has 5 fully saturated rings. The second-order valence-electron chi connectivity index (χ2n) is 12.9. The van der Waals surface area contributed by atoms with E-state index in [0.29, 0.717) is 23.0 Å². The van der Waals surface area contributed by atoms with E-state index in [1.54, 1.807) is 7.11 Å². The number of aliphatic hydroxyl groups is 2. The van der Waals surface area contributed by atoms with Gasteiger partial charge in [0.15, 0.2) is 0 Å². The Morgan fingerprint density at radius 3 is 2.56 bits per heavy atom. The topological polar surface area (TPSA) is 49.7 Å². The summed E-state index contributed by atoms with van der Waals surface area (Å²) in [6.45, 7) is 4.93. The zero-order chi connectivity index (χ0) is 22.1. The monoisotopic (exact) mass is 434 g/mol. The van der Waals surface area contributed by atoms with Crippen molar-refractivity contribution in [3.63, 3.8) is 0 Å². The molecule has 0 aromatic heterocycles. The van der Waals surface area contributed by atoms with E-state index in [4.69, 9.17) is 4.74 Å². The highest BCUT2D eigenvalue weighted by atomic mass is 16.5. The molecule has 0 radical (unpaired) electrons. The van der Waals surface area contributed by atoms with Gasteiger partial charge in [-0.05, 0) is 97.0 Å². The predicted octanol–water partition coefficient (Wildman–Crippen LogP) is 5.54. The summed E-state index contributed by atoms with van der Waals surface area (Å²) in [5, 5.41) is 23.5. The molecule has 11 unspecified atom stereocenters. The molecular weight excluding hydrogens is 396 g/mol. The zero-order valence-electron chi connectivity index (χ0n) is 19.8. The first-order chi connectivity index (χ1) is 15.3. The maximum atomic E-state index is 12.4. The maximum absolute atomic E-state index is 12.4. The summed E-state index contributed by atoms with van der Waals surface area (Å²) < 4.78 is 5.84. The molecule has 0 saturated heterocycles. The van der Waals surface area contributed by atoms with Gasteiger partial charge in [-0.3, -0.25) is 0 Å². The third-order valence-corrected chi connectivity index (χ3v) is 12.6. The Balaban J connectivity index is 1.34. The van der Waals surface area contributed by atoms with Crippen LogP contribution in [0.5, 0.6) is 0 Å². The summed E-state index contributed by atoms with van der Waals surface area (Å²) in [7, 11) is 1.70. The number of hydrogen-bond acceptors (Lipinski definition) is 3. The van der Waals surface area contributed by atoms with Crippen LogP contribution in [-0.4, -0.2) is 29.0 Å². The van der Waals surface area contributed by atoms with Crippen molar-refractivity contribution in [3.8, 4) is 0 Å². The molecule has 6 aliphatic carbocycles. The minimum atomic E-state index is -0.976. The second kappa shape index (κ2) is 6.02. The number of fused-ring (bicyclic) bond motifs is 3. The molecule has 5 saturated carbocycles. The van der Waals surface area contributed by atoms with Crippen molar-refractivity contribution in [2.75, 3.05) is 7.11 Å². The first-order valence-corrected chi connectivity index (χ1v) is 13.0. The lowest BCUT2D eigenvalue weighted by atomic mass is 9.43. The van der Waals surface area contributed by atoms with E-state index >= 15 is 0 Å². The summed E-state index contributed by atoms with van der Waals surface area (Å²) in [4.78, 5) is 0. The van der Waals surface area contributed by atoms with E-state index in [9.17, 15) is 10.2 Å². The molecule has 11 atom stereocenters. The maximum Gasteiger partial charge on any atom is 0.110 e. The van der Waals surface area contributed by atoms with Crippen LogP contribution in [0.2, 0.25) is 0 Å². The van der Waals surface area contributed by atoms with Crippen LogP contribution in [0.25, 0.3) is 0 Å². The molecule has 1 aromatic rings. The summed E-state index contributed by atoms with van der Waals surface area (Å²) in [6, 6.07) is 11.1. The van der Waals surface area contributed by atoms with E-state index in [1.165, 1.54) is 44.1 Å². The third-order valence-electron chi connectivity index (χ3n) is 12.6. The van der Waals surface area contributed by atoms with Gasteiger partial charge in [0, 0.05) is 12.5 Å². The van der Waals surface area contributed by atoms with E-state index in [1.807, 2.05) is 6.08 Å². The van der Waals surface area contributed by atoms with Gasteiger partial charge < -0.3 is 14.9 Å². The quantitative estimate of drug-likeness (QED) is 0.657. The minimum absolute atomic E-state index is 0.0517. The zero-order valence-corrected chi connectivity index (χ0v) is 19.8. The molecule has 0 aliphatic heterocycles. The van der Waals surface area contributed by atoms with E-state index in [0.717, 1.165) is 24.2 Å². The van der Waals surface area contributed by atoms with Crippen LogP contribution < -0.4 is 0 Å². The van der Waals surface area contributed by atoms with E-state index < -0.39 is 11.7 Å². The lowest BCUT2D eigenvalue weighted by Crippen LogP contribution is -2.60. The average Bonchev–Trinajstić information content (AvgIpc) is 3.34. The van der Waals surface area contributed by atoms with Gasteiger partial charge in [-0.2, -0.15) is 0 Å². The highest BCUT2D eigenvalue weighted by Gasteiger charge is 2.87. The highest BCUT2D eigenvalue weighted by molar-refractivity contribution is 5.41. The van der Waals surface area contributed by atoms with Gasteiger partial charge in [0.25, 0.3) is 0 Å². The number of aliphatic hydroxyl groups excluding tert-OH is 1. The molecule has 172 valence electrons. The fraction of sp³-hybridized carbons (Fsp3) is 0.724. The van der Waals surface area contributed by atoms with Crippen molar-refractivity contribution in [1.82, 2.24) is 0 Å². The molecular formula is C29H38O3. The third kappa shape index (κ3) is 1.90. The first-order valence-electron chi connectivity index (χ1n) is 13.0. The number of methoxy groups -OCH3 is 1. The summed E-state index contributed by atoms with van der Waals surface area (Å²) >= 11 is 0. The second-order valence-corrected chi connectivity index (χ2v) is 12.9. The standard InChI is InChI=1S/C29H38O3/c1-26-14-20-12-21-10-9-18-15-28(21,16-19(18)11-17-7-5-4-6-8-17)27(26,2)24(20)25-22(30)13-23(32-3)29(25,26)31/h4-8,13,18-21,23-25,30-31H,9-12,14-16H2,1-3H3. The van der Waals surface area contributed by atoms with Crippen LogP contribution in [0.4, 0.5) is 0 Å².